The van der Waals surface area contributed by atoms with Crippen molar-refractivity contribution in [2.24, 2.45) is 0 Å². The fourth-order valence-electron chi connectivity index (χ4n) is 1.99. The lowest BCUT2D eigenvalue weighted by Gasteiger charge is -2.21. The van der Waals surface area contributed by atoms with Gasteiger partial charge in [-0.15, -0.1) is 0 Å². The molecule has 2 aromatic rings. The minimum absolute atomic E-state index is 0.0349. The zero-order valence-corrected chi connectivity index (χ0v) is 11.0. The van der Waals surface area contributed by atoms with Crippen LogP contribution < -0.4 is 4.90 Å². The van der Waals surface area contributed by atoms with Crippen LogP contribution in [0, 0.1) is 13.8 Å². The van der Waals surface area contributed by atoms with Gasteiger partial charge in [0.1, 0.15) is 5.82 Å². The van der Waals surface area contributed by atoms with Crippen molar-refractivity contribution in [3.05, 3.63) is 53.2 Å². The summed E-state index contributed by atoms with van der Waals surface area (Å²) in [6.07, 6.45) is 0. The molecule has 3 heteroatoms. The molecule has 0 spiro atoms. The van der Waals surface area contributed by atoms with Crippen molar-refractivity contribution in [1.82, 2.24) is 4.98 Å². The van der Waals surface area contributed by atoms with E-state index in [-0.39, 0.29) is 6.61 Å². The van der Waals surface area contributed by atoms with Gasteiger partial charge in [-0.25, -0.2) is 4.98 Å². The second kappa shape index (κ2) is 5.19. The van der Waals surface area contributed by atoms with Gasteiger partial charge in [-0.2, -0.15) is 0 Å². The summed E-state index contributed by atoms with van der Waals surface area (Å²) in [5.41, 5.74) is 4.10. The first kappa shape index (κ1) is 12.6. The van der Waals surface area contributed by atoms with Crippen LogP contribution in [0.3, 0.4) is 0 Å². The van der Waals surface area contributed by atoms with E-state index in [1.165, 1.54) is 5.56 Å². The Morgan fingerprint density at radius 2 is 1.83 bits per heavy atom. The third kappa shape index (κ3) is 2.36. The van der Waals surface area contributed by atoms with E-state index in [0.29, 0.717) is 0 Å². The molecule has 1 aromatic heterocycles. The van der Waals surface area contributed by atoms with E-state index in [0.717, 1.165) is 22.8 Å². The normalized spacial score (nSPS) is 10.4. The lowest BCUT2D eigenvalue weighted by molar-refractivity contribution is 0.280. The number of aliphatic hydroxyl groups is 1. The molecule has 0 unspecified atom stereocenters. The summed E-state index contributed by atoms with van der Waals surface area (Å²) < 4.78 is 0. The molecule has 0 aliphatic carbocycles. The summed E-state index contributed by atoms with van der Waals surface area (Å²) in [5, 5.41) is 9.16. The van der Waals surface area contributed by atoms with E-state index < -0.39 is 0 Å². The van der Waals surface area contributed by atoms with Gasteiger partial charge in [-0.05, 0) is 37.1 Å². The lowest BCUT2D eigenvalue weighted by atomic mass is 10.1. The van der Waals surface area contributed by atoms with Gasteiger partial charge in [0.25, 0.3) is 0 Å². The first-order chi connectivity index (χ1) is 8.63. The molecule has 0 saturated carbocycles. The van der Waals surface area contributed by atoms with Crippen LogP contribution in [0.4, 0.5) is 11.5 Å². The molecular weight excluding hydrogens is 224 g/mol. The first-order valence-corrected chi connectivity index (χ1v) is 6.00. The molecule has 3 nitrogen and oxygen atoms in total. The lowest BCUT2D eigenvalue weighted by Crippen LogP contribution is -2.13. The van der Waals surface area contributed by atoms with E-state index in [1.54, 1.807) is 0 Å². The number of aliphatic hydroxyl groups excluding tert-OH is 1. The van der Waals surface area contributed by atoms with Crippen LogP contribution in [-0.2, 0) is 6.61 Å². The van der Waals surface area contributed by atoms with Crippen LogP contribution >= 0.6 is 0 Å². The predicted octanol–water partition coefficient (Wildman–Crippen LogP) is 2.96. The summed E-state index contributed by atoms with van der Waals surface area (Å²) in [6.45, 7) is 4.04. The van der Waals surface area contributed by atoms with E-state index in [2.05, 4.69) is 28.9 Å². The van der Waals surface area contributed by atoms with Gasteiger partial charge in [0.2, 0.25) is 0 Å². The third-order valence-corrected chi connectivity index (χ3v) is 3.17. The first-order valence-electron chi connectivity index (χ1n) is 6.00. The summed E-state index contributed by atoms with van der Waals surface area (Å²) in [6, 6.07) is 12.1. The van der Waals surface area contributed by atoms with Crippen molar-refractivity contribution in [3.8, 4) is 0 Å². The monoisotopic (exact) mass is 242 g/mol. The molecule has 0 atom stereocenters. The molecule has 0 radical (unpaired) electrons. The van der Waals surface area contributed by atoms with Gasteiger partial charge < -0.3 is 10.0 Å². The number of aryl methyl sites for hydroxylation is 2. The Bertz CT molecular complexity index is 552. The number of rotatable bonds is 3. The van der Waals surface area contributed by atoms with Gasteiger partial charge in [-0.3, -0.25) is 0 Å². The molecular formula is C15H18N2O. The molecule has 94 valence electrons. The molecule has 1 heterocycles. The Kier molecular flexibility index (Phi) is 3.63. The van der Waals surface area contributed by atoms with E-state index in [4.69, 9.17) is 5.11 Å². The summed E-state index contributed by atoms with van der Waals surface area (Å²) >= 11 is 0. The number of pyridine rings is 1. The Morgan fingerprint density at radius 1 is 1.11 bits per heavy atom. The number of aromatic nitrogens is 1. The quantitative estimate of drug-likeness (QED) is 0.899. The highest BCUT2D eigenvalue weighted by molar-refractivity contribution is 5.63. The maximum Gasteiger partial charge on any atom is 0.132 e. The maximum absolute atomic E-state index is 9.16. The third-order valence-electron chi connectivity index (χ3n) is 3.17. The van der Waals surface area contributed by atoms with Crippen molar-refractivity contribution in [1.29, 1.82) is 0 Å². The van der Waals surface area contributed by atoms with Crippen molar-refractivity contribution < 1.29 is 5.11 Å². The van der Waals surface area contributed by atoms with Crippen LogP contribution in [0.15, 0.2) is 36.4 Å². The smallest absolute Gasteiger partial charge is 0.132 e. The van der Waals surface area contributed by atoms with Gasteiger partial charge >= 0.3 is 0 Å². The highest BCUT2D eigenvalue weighted by atomic mass is 16.3. The number of nitrogens with zero attached hydrogens (tertiary/aromatic N) is 2. The minimum Gasteiger partial charge on any atom is -0.392 e. The number of hydrogen-bond donors (Lipinski definition) is 1. The van der Waals surface area contributed by atoms with Crippen LogP contribution in [0.25, 0.3) is 0 Å². The predicted molar refractivity (Wildman–Crippen MR) is 74.1 cm³/mol. The van der Waals surface area contributed by atoms with Crippen LogP contribution in [0.2, 0.25) is 0 Å². The zero-order valence-electron chi connectivity index (χ0n) is 11.0. The fourth-order valence-corrected chi connectivity index (χ4v) is 1.99. The largest absolute Gasteiger partial charge is 0.392 e. The fraction of sp³-hybridized carbons (Fsp3) is 0.267. The second-order valence-corrected chi connectivity index (χ2v) is 4.42. The highest BCUT2D eigenvalue weighted by Crippen LogP contribution is 2.25. The summed E-state index contributed by atoms with van der Waals surface area (Å²) in [5.74, 6) is 0.888. The van der Waals surface area contributed by atoms with Crippen LogP contribution in [0.1, 0.15) is 16.8 Å². The minimum atomic E-state index is 0.0349. The SMILES string of the molecule is Cc1ccccc1N(C)c1ccc(CO)c(C)n1. The van der Waals surface area contributed by atoms with Crippen molar-refractivity contribution >= 4 is 11.5 Å². The van der Waals surface area contributed by atoms with E-state index in [9.17, 15) is 0 Å². The molecule has 0 saturated heterocycles. The molecule has 0 aliphatic heterocycles. The molecule has 0 fully saturated rings. The Balaban J connectivity index is 2.37. The van der Waals surface area contributed by atoms with Crippen molar-refractivity contribution in [2.45, 2.75) is 20.5 Å². The molecule has 2 rings (SSSR count). The average Bonchev–Trinajstić information content (AvgIpc) is 2.38. The zero-order chi connectivity index (χ0) is 13.1. The summed E-state index contributed by atoms with van der Waals surface area (Å²) in [7, 11) is 2.00. The van der Waals surface area contributed by atoms with Gasteiger partial charge in [0.05, 0.1) is 6.61 Å². The number of anilines is 2. The van der Waals surface area contributed by atoms with Crippen LogP contribution in [0.5, 0.6) is 0 Å². The standard InChI is InChI=1S/C15H18N2O/c1-11-6-4-5-7-14(11)17(3)15-9-8-13(10-18)12(2)16-15/h4-9,18H,10H2,1-3H3. The molecule has 0 amide bonds. The molecule has 0 aliphatic rings. The molecule has 1 N–H and O–H groups in total. The van der Waals surface area contributed by atoms with Gasteiger partial charge in [0, 0.05) is 18.4 Å². The van der Waals surface area contributed by atoms with Crippen molar-refractivity contribution in [2.75, 3.05) is 11.9 Å². The van der Waals surface area contributed by atoms with Crippen molar-refractivity contribution in [3.63, 3.8) is 0 Å². The van der Waals surface area contributed by atoms with Gasteiger partial charge in [-0.1, -0.05) is 24.3 Å². The van der Waals surface area contributed by atoms with E-state index in [1.807, 2.05) is 38.2 Å². The Hall–Kier alpha value is -1.87. The molecule has 18 heavy (non-hydrogen) atoms. The highest BCUT2D eigenvalue weighted by Gasteiger charge is 2.09. The topological polar surface area (TPSA) is 36.4 Å². The second-order valence-electron chi connectivity index (χ2n) is 4.42. The Morgan fingerprint density at radius 3 is 2.44 bits per heavy atom. The number of benzene rings is 1. The average molecular weight is 242 g/mol. The maximum atomic E-state index is 9.16. The van der Waals surface area contributed by atoms with Gasteiger partial charge in [0.15, 0.2) is 0 Å². The van der Waals surface area contributed by atoms with Crippen LogP contribution in [-0.4, -0.2) is 17.1 Å². The Labute approximate surface area is 108 Å². The molecule has 0 bridgehead atoms. The number of hydrogen-bond acceptors (Lipinski definition) is 3. The number of para-hydroxylation sites is 1. The summed E-state index contributed by atoms with van der Waals surface area (Å²) in [4.78, 5) is 6.59. The van der Waals surface area contributed by atoms with E-state index >= 15 is 0 Å². The molecule has 1 aromatic carbocycles.